The Kier molecular flexibility index (Phi) is 3.71. The minimum atomic E-state index is -0.00172. The number of ketones is 1. The molecule has 3 unspecified atom stereocenters. The fourth-order valence-electron chi connectivity index (χ4n) is 3.96. The van der Waals surface area contributed by atoms with Crippen molar-refractivity contribution in [1.82, 2.24) is 0 Å². The van der Waals surface area contributed by atoms with Crippen LogP contribution in [0, 0.1) is 11.8 Å². The van der Waals surface area contributed by atoms with E-state index in [0.29, 0.717) is 17.6 Å². The van der Waals surface area contributed by atoms with E-state index in [-0.39, 0.29) is 5.60 Å². The first-order chi connectivity index (χ1) is 8.77. The molecule has 3 nitrogen and oxygen atoms in total. The van der Waals surface area contributed by atoms with E-state index >= 15 is 0 Å². The van der Waals surface area contributed by atoms with Crippen LogP contribution in [0.25, 0.3) is 0 Å². The number of Topliss-reactive ketones (excluding diaryl/α,β-unsaturated/α-hetero) is 1. The molecule has 1 aliphatic carbocycles. The second-order valence-corrected chi connectivity index (χ2v) is 6.34. The van der Waals surface area contributed by atoms with Crippen molar-refractivity contribution in [2.24, 2.45) is 11.8 Å². The molecule has 0 aromatic carbocycles. The van der Waals surface area contributed by atoms with E-state index in [1.54, 1.807) is 0 Å². The zero-order valence-corrected chi connectivity index (χ0v) is 11.2. The van der Waals surface area contributed by atoms with Crippen LogP contribution in [0.15, 0.2) is 0 Å². The molecule has 0 aromatic heterocycles. The zero-order valence-electron chi connectivity index (χ0n) is 11.2. The van der Waals surface area contributed by atoms with E-state index in [1.165, 1.54) is 12.8 Å². The van der Waals surface area contributed by atoms with Crippen molar-refractivity contribution in [3.05, 3.63) is 0 Å². The molecule has 1 saturated carbocycles. The minimum Gasteiger partial charge on any atom is -0.378 e. The molecule has 18 heavy (non-hydrogen) atoms. The first kappa shape index (κ1) is 12.6. The largest absolute Gasteiger partial charge is 0.378 e. The van der Waals surface area contributed by atoms with Gasteiger partial charge in [-0.25, -0.2) is 0 Å². The third kappa shape index (κ3) is 2.62. The number of carbonyl (C=O) groups excluding carboxylic acids is 1. The summed E-state index contributed by atoms with van der Waals surface area (Å²) in [6.07, 6.45) is 8.52. The van der Waals surface area contributed by atoms with Gasteiger partial charge in [-0.15, -0.1) is 0 Å². The molecule has 0 radical (unpaired) electrons. The molecule has 1 spiro atoms. The van der Waals surface area contributed by atoms with Crippen LogP contribution in [0.3, 0.4) is 0 Å². The topological polar surface area (TPSA) is 35.5 Å². The highest BCUT2D eigenvalue weighted by Crippen LogP contribution is 2.41. The van der Waals surface area contributed by atoms with Gasteiger partial charge >= 0.3 is 0 Å². The molecule has 2 saturated heterocycles. The van der Waals surface area contributed by atoms with Gasteiger partial charge in [-0.05, 0) is 37.5 Å². The number of hydrogen-bond acceptors (Lipinski definition) is 3. The smallest absolute Gasteiger partial charge is 0.133 e. The molecule has 0 aromatic rings. The van der Waals surface area contributed by atoms with Gasteiger partial charge in [0.1, 0.15) is 5.78 Å². The molecule has 2 heterocycles. The van der Waals surface area contributed by atoms with Crippen molar-refractivity contribution < 1.29 is 14.3 Å². The number of hydrogen-bond donors (Lipinski definition) is 0. The highest BCUT2D eigenvalue weighted by molar-refractivity contribution is 5.78. The molecule has 3 rings (SSSR count). The summed E-state index contributed by atoms with van der Waals surface area (Å²) in [5, 5.41) is 0. The third-order valence-electron chi connectivity index (χ3n) is 5.04. The Labute approximate surface area is 109 Å². The van der Waals surface area contributed by atoms with E-state index in [1.807, 2.05) is 0 Å². The molecule has 0 bridgehead atoms. The third-order valence-corrected chi connectivity index (χ3v) is 5.04. The maximum Gasteiger partial charge on any atom is 0.133 e. The van der Waals surface area contributed by atoms with Gasteiger partial charge < -0.3 is 9.47 Å². The minimum absolute atomic E-state index is 0.00172. The summed E-state index contributed by atoms with van der Waals surface area (Å²) in [6, 6.07) is 0. The van der Waals surface area contributed by atoms with Gasteiger partial charge in [0, 0.05) is 32.5 Å². The van der Waals surface area contributed by atoms with Gasteiger partial charge in [0.2, 0.25) is 0 Å². The second-order valence-electron chi connectivity index (χ2n) is 6.34. The number of ether oxygens (including phenoxy) is 2. The Morgan fingerprint density at radius 1 is 1.11 bits per heavy atom. The SMILES string of the molecule is O=C1CCCCC(C2CCOC3(CCOC3)C2)C1. The van der Waals surface area contributed by atoms with Crippen LogP contribution in [-0.2, 0) is 14.3 Å². The normalized spacial score (nSPS) is 42.1. The summed E-state index contributed by atoms with van der Waals surface area (Å²) in [4.78, 5) is 11.8. The molecular weight excluding hydrogens is 228 g/mol. The van der Waals surface area contributed by atoms with E-state index < -0.39 is 0 Å². The Morgan fingerprint density at radius 2 is 2.06 bits per heavy atom. The fourth-order valence-corrected chi connectivity index (χ4v) is 3.96. The van der Waals surface area contributed by atoms with Gasteiger partial charge in [-0.3, -0.25) is 4.79 Å². The van der Waals surface area contributed by atoms with Gasteiger partial charge in [-0.2, -0.15) is 0 Å². The molecular formula is C15H24O3. The first-order valence-electron chi connectivity index (χ1n) is 7.51. The van der Waals surface area contributed by atoms with Crippen molar-refractivity contribution in [2.45, 2.75) is 57.0 Å². The van der Waals surface area contributed by atoms with Gasteiger partial charge in [0.15, 0.2) is 0 Å². The number of carbonyl (C=O) groups is 1. The van der Waals surface area contributed by atoms with Gasteiger partial charge in [0.25, 0.3) is 0 Å². The summed E-state index contributed by atoms with van der Waals surface area (Å²) < 4.78 is 11.5. The van der Waals surface area contributed by atoms with E-state index in [4.69, 9.17) is 9.47 Å². The molecule has 102 valence electrons. The lowest BCUT2D eigenvalue weighted by Crippen LogP contribution is -2.42. The Morgan fingerprint density at radius 3 is 2.89 bits per heavy atom. The maximum atomic E-state index is 11.8. The molecule has 3 atom stereocenters. The summed E-state index contributed by atoms with van der Waals surface area (Å²) in [6.45, 7) is 2.47. The molecule has 2 aliphatic heterocycles. The molecule has 3 heteroatoms. The standard InChI is InChI=1S/C15H24O3/c16-14-4-2-1-3-12(9-14)13-5-7-18-15(10-13)6-8-17-11-15/h12-13H,1-11H2. The Hall–Kier alpha value is -0.410. The van der Waals surface area contributed by atoms with Crippen molar-refractivity contribution in [1.29, 1.82) is 0 Å². The monoisotopic (exact) mass is 252 g/mol. The predicted molar refractivity (Wildman–Crippen MR) is 68.4 cm³/mol. The van der Waals surface area contributed by atoms with Crippen LogP contribution in [0.1, 0.15) is 51.4 Å². The lowest BCUT2D eigenvalue weighted by atomic mass is 9.75. The van der Waals surface area contributed by atoms with Crippen molar-refractivity contribution >= 4 is 5.78 Å². The summed E-state index contributed by atoms with van der Waals surface area (Å²) in [5.74, 6) is 1.78. The summed E-state index contributed by atoms with van der Waals surface area (Å²) in [7, 11) is 0. The summed E-state index contributed by atoms with van der Waals surface area (Å²) in [5.41, 5.74) is -0.00172. The molecule has 3 fully saturated rings. The fraction of sp³-hybridized carbons (Fsp3) is 0.933. The second kappa shape index (κ2) is 5.30. The van der Waals surface area contributed by atoms with Crippen molar-refractivity contribution in [3.8, 4) is 0 Å². The maximum absolute atomic E-state index is 11.8. The van der Waals surface area contributed by atoms with E-state index in [0.717, 1.165) is 58.3 Å². The van der Waals surface area contributed by atoms with Crippen LogP contribution in [-0.4, -0.2) is 31.2 Å². The zero-order chi connectivity index (χ0) is 12.4. The Bertz CT molecular complexity index is 307. The predicted octanol–water partition coefficient (Wildman–Crippen LogP) is 2.72. The van der Waals surface area contributed by atoms with Crippen LogP contribution in [0.5, 0.6) is 0 Å². The van der Waals surface area contributed by atoms with Crippen LogP contribution < -0.4 is 0 Å². The molecule has 0 N–H and O–H groups in total. The highest BCUT2D eigenvalue weighted by Gasteiger charge is 2.43. The number of rotatable bonds is 1. The molecule has 0 amide bonds. The lowest BCUT2D eigenvalue weighted by molar-refractivity contribution is -0.123. The quantitative estimate of drug-likeness (QED) is 0.673. The van der Waals surface area contributed by atoms with Crippen molar-refractivity contribution in [3.63, 3.8) is 0 Å². The average molecular weight is 252 g/mol. The Balaban J connectivity index is 1.65. The van der Waals surface area contributed by atoms with E-state index in [2.05, 4.69) is 0 Å². The van der Waals surface area contributed by atoms with Gasteiger partial charge in [0.05, 0.1) is 12.2 Å². The van der Waals surface area contributed by atoms with Crippen LogP contribution in [0.4, 0.5) is 0 Å². The van der Waals surface area contributed by atoms with Crippen LogP contribution >= 0.6 is 0 Å². The molecule has 3 aliphatic rings. The average Bonchev–Trinajstić information content (AvgIpc) is 2.69. The first-order valence-corrected chi connectivity index (χ1v) is 7.51. The highest BCUT2D eigenvalue weighted by atomic mass is 16.6. The van der Waals surface area contributed by atoms with Crippen LogP contribution in [0.2, 0.25) is 0 Å². The van der Waals surface area contributed by atoms with Gasteiger partial charge in [-0.1, -0.05) is 6.42 Å². The van der Waals surface area contributed by atoms with Crippen molar-refractivity contribution in [2.75, 3.05) is 19.8 Å². The summed E-state index contributed by atoms with van der Waals surface area (Å²) >= 11 is 0. The van der Waals surface area contributed by atoms with E-state index in [9.17, 15) is 4.79 Å². The lowest BCUT2D eigenvalue weighted by Gasteiger charge is -2.40.